The molecule has 0 bridgehead atoms. The summed E-state index contributed by atoms with van der Waals surface area (Å²) in [5.74, 6) is -0.719. The third kappa shape index (κ3) is 5.29. The van der Waals surface area contributed by atoms with Gasteiger partial charge in [-0.3, -0.25) is 9.59 Å². The molecule has 1 aromatic heterocycles. The van der Waals surface area contributed by atoms with Gasteiger partial charge in [0.25, 0.3) is 5.91 Å². The number of hydrogen-bond donors (Lipinski definition) is 3. The second-order valence-corrected chi connectivity index (χ2v) is 3.90. The first-order valence-corrected chi connectivity index (χ1v) is 5.82. The molecule has 0 saturated heterocycles. The fourth-order valence-corrected chi connectivity index (χ4v) is 1.46. The van der Waals surface area contributed by atoms with Crippen molar-refractivity contribution in [2.75, 3.05) is 11.9 Å². The van der Waals surface area contributed by atoms with Crippen molar-refractivity contribution in [2.45, 2.75) is 25.7 Å². The van der Waals surface area contributed by atoms with E-state index in [1.54, 1.807) is 18.2 Å². The molecule has 1 rings (SSSR count). The normalized spacial score (nSPS) is 10.0. The Hall–Kier alpha value is -2.11. The second kappa shape index (κ2) is 7.26. The highest BCUT2D eigenvalue weighted by Crippen LogP contribution is 2.06. The lowest BCUT2D eigenvalue weighted by Crippen LogP contribution is -2.14. The Labute approximate surface area is 105 Å². The van der Waals surface area contributed by atoms with Gasteiger partial charge in [-0.15, -0.1) is 0 Å². The van der Waals surface area contributed by atoms with Crippen LogP contribution in [0.5, 0.6) is 0 Å². The van der Waals surface area contributed by atoms with Crippen LogP contribution in [0.3, 0.4) is 0 Å². The SMILES string of the molecule is NC(=O)c1cccc(NCCCCCC(=O)O)n1. The van der Waals surface area contributed by atoms with Crippen LogP contribution < -0.4 is 11.1 Å². The topological polar surface area (TPSA) is 105 Å². The number of nitrogens with one attached hydrogen (secondary N) is 1. The number of aliphatic carboxylic acids is 1. The lowest BCUT2D eigenvalue weighted by atomic mass is 10.2. The van der Waals surface area contributed by atoms with Gasteiger partial charge in [0.2, 0.25) is 0 Å². The number of carboxylic acid groups (broad SMARTS) is 1. The Morgan fingerprint density at radius 1 is 1.28 bits per heavy atom. The summed E-state index contributed by atoms with van der Waals surface area (Å²) in [6.45, 7) is 0.689. The van der Waals surface area contributed by atoms with Crippen LogP contribution in [0.1, 0.15) is 36.2 Å². The monoisotopic (exact) mass is 251 g/mol. The summed E-state index contributed by atoms with van der Waals surface area (Å²) in [6.07, 6.45) is 2.58. The average Bonchev–Trinajstić information content (AvgIpc) is 2.33. The van der Waals surface area contributed by atoms with Crippen LogP contribution in [0.15, 0.2) is 18.2 Å². The van der Waals surface area contributed by atoms with E-state index in [0.717, 1.165) is 12.8 Å². The second-order valence-electron chi connectivity index (χ2n) is 3.90. The van der Waals surface area contributed by atoms with Gasteiger partial charge in [-0.2, -0.15) is 0 Å². The quantitative estimate of drug-likeness (QED) is 0.603. The van der Waals surface area contributed by atoms with E-state index in [0.29, 0.717) is 18.8 Å². The number of hydrogen-bond acceptors (Lipinski definition) is 4. The number of carbonyl (C=O) groups excluding carboxylic acids is 1. The average molecular weight is 251 g/mol. The first-order chi connectivity index (χ1) is 8.59. The van der Waals surface area contributed by atoms with Crippen molar-refractivity contribution in [3.05, 3.63) is 23.9 Å². The van der Waals surface area contributed by atoms with E-state index in [1.807, 2.05) is 0 Å². The molecule has 18 heavy (non-hydrogen) atoms. The summed E-state index contributed by atoms with van der Waals surface area (Å²) >= 11 is 0. The number of unbranched alkanes of at least 4 members (excludes halogenated alkanes) is 2. The predicted molar refractivity (Wildman–Crippen MR) is 67.3 cm³/mol. The molecule has 1 heterocycles. The van der Waals surface area contributed by atoms with Crippen LogP contribution in [-0.2, 0) is 4.79 Å². The van der Waals surface area contributed by atoms with E-state index in [4.69, 9.17) is 10.8 Å². The van der Waals surface area contributed by atoms with Crippen molar-refractivity contribution in [1.82, 2.24) is 4.98 Å². The number of carboxylic acids is 1. The molecule has 6 nitrogen and oxygen atoms in total. The molecule has 4 N–H and O–H groups in total. The molecular weight excluding hydrogens is 234 g/mol. The van der Waals surface area contributed by atoms with Crippen molar-refractivity contribution in [1.29, 1.82) is 0 Å². The molecular formula is C12H17N3O3. The number of amides is 1. The Morgan fingerprint density at radius 3 is 2.72 bits per heavy atom. The molecule has 0 saturated carbocycles. The molecule has 1 aromatic rings. The van der Waals surface area contributed by atoms with E-state index in [-0.39, 0.29) is 12.1 Å². The van der Waals surface area contributed by atoms with Gasteiger partial charge in [-0.05, 0) is 25.0 Å². The van der Waals surface area contributed by atoms with Crippen molar-refractivity contribution in [3.8, 4) is 0 Å². The smallest absolute Gasteiger partial charge is 0.303 e. The van der Waals surface area contributed by atoms with Crippen molar-refractivity contribution >= 4 is 17.7 Å². The number of carbonyl (C=O) groups is 2. The van der Waals surface area contributed by atoms with Gasteiger partial charge < -0.3 is 16.2 Å². The highest BCUT2D eigenvalue weighted by molar-refractivity contribution is 5.91. The van der Waals surface area contributed by atoms with E-state index < -0.39 is 11.9 Å². The first kappa shape index (κ1) is 14.0. The summed E-state index contributed by atoms with van der Waals surface area (Å²) in [5.41, 5.74) is 5.35. The summed E-state index contributed by atoms with van der Waals surface area (Å²) in [7, 11) is 0. The van der Waals surface area contributed by atoms with Gasteiger partial charge in [0.1, 0.15) is 11.5 Å². The Kier molecular flexibility index (Phi) is 5.63. The zero-order valence-corrected chi connectivity index (χ0v) is 10.1. The standard InChI is InChI=1S/C12H17N3O3/c13-12(18)9-5-4-6-10(15-9)14-8-3-1-2-7-11(16)17/h4-6H,1-3,7-8H2,(H2,13,18)(H,14,15)(H,16,17). The van der Waals surface area contributed by atoms with Crippen LogP contribution in [0.25, 0.3) is 0 Å². The molecule has 6 heteroatoms. The van der Waals surface area contributed by atoms with E-state index in [9.17, 15) is 9.59 Å². The zero-order valence-electron chi connectivity index (χ0n) is 10.1. The third-order valence-corrected chi connectivity index (χ3v) is 2.38. The fourth-order valence-electron chi connectivity index (χ4n) is 1.46. The van der Waals surface area contributed by atoms with Crippen molar-refractivity contribution in [3.63, 3.8) is 0 Å². The highest BCUT2D eigenvalue weighted by Gasteiger charge is 2.02. The highest BCUT2D eigenvalue weighted by atomic mass is 16.4. The van der Waals surface area contributed by atoms with Crippen molar-refractivity contribution in [2.24, 2.45) is 5.73 Å². The Balaban J connectivity index is 2.25. The molecule has 0 spiro atoms. The minimum Gasteiger partial charge on any atom is -0.481 e. The third-order valence-electron chi connectivity index (χ3n) is 2.38. The molecule has 0 atom stereocenters. The van der Waals surface area contributed by atoms with Gasteiger partial charge in [0.15, 0.2) is 0 Å². The molecule has 98 valence electrons. The molecule has 0 aromatic carbocycles. The summed E-state index contributed by atoms with van der Waals surface area (Å²) in [4.78, 5) is 25.2. The number of anilines is 1. The molecule has 1 amide bonds. The van der Waals surface area contributed by atoms with Crippen LogP contribution in [0.2, 0.25) is 0 Å². The minimum atomic E-state index is -0.765. The van der Waals surface area contributed by atoms with Gasteiger partial charge in [-0.25, -0.2) is 4.98 Å². The molecule has 0 radical (unpaired) electrons. The number of nitrogens with two attached hydrogens (primary N) is 1. The number of nitrogens with zero attached hydrogens (tertiary/aromatic N) is 1. The largest absolute Gasteiger partial charge is 0.481 e. The molecule has 0 fully saturated rings. The molecule has 0 unspecified atom stereocenters. The number of primary amides is 1. The van der Waals surface area contributed by atoms with Gasteiger partial charge in [-0.1, -0.05) is 12.5 Å². The maximum absolute atomic E-state index is 10.9. The first-order valence-electron chi connectivity index (χ1n) is 5.82. The number of pyridine rings is 1. The Morgan fingerprint density at radius 2 is 2.06 bits per heavy atom. The predicted octanol–water partition coefficient (Wildman–Crippen LogP) is 1.24. The van der Waals surface area contributed by atoms with E-state index in [1.165, 1.54) is 0 Å². The fraction of sp³-hybridized carbons (Fsp3) is 0.417. The Bertz CT molecular complexity index is 421. The van der Waals surface area contributed by atoms with Gasteiger partial charge >= 0.3 is 5.97 Å². The molecule has 0 aliphatic rings. The summed E-state index contributed by atoms with van der Waals surface area (Å²) < 4.78 is 0. The summed E-state index contributed by atoms with van der Waals surface area (Å²) in [6, 6.07) is 5.02. The summed E-state index contributed by atoms with van der Waals surface area (Å²) in [5, 5.41) is 11.5. The maximum atomic E-state index is 10.9. The maximum Gasteiger partial charge on any atom is 0.303 e. The number of rotatable bonds is 8. The lowest BCUT2D eigenvalue weighted by Gasteiger charge is -2.05. The van der Waals surface area contributed by atoms with Crippen molar-refractivity contribution < 1.29 is 14.7 Å². The number of aromatic nitrogens is 1. The van der Waals surface area contributed by atoms with Gasteiger partial charge in [0.05, 0.1) is 0 Å². The van der Waals surface area contributed by atoms with E-state index >= 15 is 0 Å². The van der Waals surface area contributed by atoms with E-state index in [2.05, 4.69) is 10.3 Å². The zero-order chi connectivity index (χ0) is 13.4. The van der Waals surface area contributed by atoms with Gasteiger partial charge in [0, 0.05) is 13.0 Å². The van der Waals surface area contributed by atoms with Crippen LogP contribution >= 0.6 is 0 Å². The van der Waals surface area contributed by atoms with Crippen LogP contribution in [-0.4, -0.2) is 28.5 Å². The lowest BCUT2D eigenvalue weighted by molar-refractivity contribution is -0.137. The minimum absolute atomic E-state index is 0.204. The molecule has 0 aliphatic carbocycles. The molecule has 0 aliphatic heterocycles. The van der Waals surface area contributed by atoms with Crippen LogP contribution in [0, 0.1) is 0 Å². The van der Waals surface area contributed by atoms with Crippen LogP contribution in [0.4, 0.5) is 5.82 Å².